The molecule has 88 valence electrons. The van der Waals surface area contributed by atoms with Gasteiger partial charge in [0.1, 0.15) is 0 Å². The standard InChI is InChI=1S/C10H10Cl2O4/c11-7-3-1-2-6(8(7)12)9(10(14)15)16-5-4-13/h1-3,9,13H,4-5H2,(H,14,15). The molecule has 0 aliphatic heterocycles. The van der Waals surface area contributed by atoms with Crippen molar-refractivity contribution in [2.24, 2.45) is 0 Å². The third kappa shape index (κ3) is 3.09. The van der Waals surface area contributed by atoms with Crippen LogP contribution in [0.5, 0.6) is 0 Å². The van der Waals surface area contributed by atoms with E-state index in [4.69, 9.17) is 38.2 Å². The van der Waals surface area contributed by atoms with Crippen LogP contribution in [0.15, 0.2) is 18.2 Å². The van der Waals surface area contributed by atoms with Crippen LogP contribution in [0.25, 0.3) is 0 Å². The summed E-state index contributed by atoms with van der Waals surface area (Å²) in [6, 6.07) is 4.66. The van der Waals surface area contributed by atoms with Crippen LogP contribution >= 0.6 is 23.2 Å². The lowest BCUT2D eigenvalue weighted by Crippen LogP contribution is -2.17. The Morgan fingerprint density at radius 3 is 2.69 bits per heavy atom. The number of rotatable bonds is 5. The highest BCUT2D eigenvalue weighted by Gasteiger charge is 2.23. The molecule has 0 aliphatic carbocycles. The van der Waals surface area contributed by atoms with Gasteiger partial charge in [0, 0.05) is 5.56 Å². The topological polar surface area (TPSA) is 66.8 Å². The molecule has 1 atom stereocenters. The lowest BCUT2D eigenvalue weighted by atomic mass is 10.1. The van der Waals surface area contributed by atoms with Crippen molar-refractivity contribution < 1.29 is 19.7 Å². The van der Waals surface area contributed by atoms with Crippen molar-refractivity contribution in [1.29, 1.82) is 0 Å². The quantitative estimate of drug-likeness (QED) is 0.855. The number of carbonyl (C=O) groups is 1. The molecule has 16 heavy (non-hydrogen) atoms. The maximum atomic E-state index is 11.0. The monoisotopic (exact) mass is 264 g/mol. The van der Waals surface area contributed by atoms with Gasteiger partial charge in [0.2, 0.25) is 0 Å². The predicted octanol–water partition coefficient (Wildman–Crippen LogP) is 2.13. The Kier molecular flexibility index (Phi) is 5.02. The molecule has 0 radical (unpaired) electrons. The maximum absolute atomic E-state index is 11.0. The zero-order valence-electron chi connectivity index (χ0n) is 8.19. The molecule has 0 amide bonds. The second kappa shape index (κ2) is 6.06. The van der Waals surface area contributed by atoms with E-state index in [1.165, 1.54) is 6.07 Å². The molecule has 1 aromatic carbocycles. The summed E-state index contributed by atoms with van der Waals surface area (Å²) >= 11 is 11.6. The molecule has 0 spiro atoms. The van der Waals surface area contributed by atoms with Crippen molar-refractivity contribution >= 4 is 29.2 Å². The highest BCUT2D eigenvalue weighted by Crippen LogP contribution is 2.31. The Bertz CT molecular complexity index is 381. The second-order valence-corrected chi connectivity index (χ2v) is 3.74. The maximum Gasteiger partial charge on any atom is 0.337 e. The fourth-order valence-corrected chi connectivity index (χ4v) is 1.59. The number of hydrogen-bond acceptors (Lipinski definition) is 3. The van der Waals surface area contributed by atoms with Crippen LogP contribution in [0.4, 0.5) is 0 Å². The first-order chi connectivity index (χ1) is 7.57. The zero-order chi connectivity index (χ0) is 12.1. The molecule has 0 saturated carbocycles. The molecule has 0 fully saturated rings. The molecule has 0 aromatic heterocycles. The summed E-state index contributed by atoms with van der Waals surface area (Å²) in [7, 11) is 0. The van der Waals surface area contributed by atoms with Gasteiger partial charge in [-0.15, -0.1) is 0 Å². The Balaban J connectivity index is 3.01. The average Bonchev–Trinajstić information content (AvgIpc) is 2.24. The van der Waals surface area contributed by atoms with Crippen LogP contribution in [0, 0.1) is 0 Å². The third-order valence-corrected chi connectivity index (χ3v) is 2.70. The van der Waals surface area contributed by atoms with E-state index in [2.05, 4.69) is 0 Å². The van der Waals surface area contributed by atoms with Crippen molar-refractivity contribution in [3.63, 3.8) is 0 Å². The van der Waals surface area contributed by atoms with Crippen LogP contribution in [0.1, 0.15) is 11.7 Å². The van der Waals surface area contributed by atoms with Gasteiger partial charge >= 0.3 is 5.97 Å². The van der Waals surface area contributed by atoms with Gasteiger partial charge in [0.15, 0.2) is 6.10 Å². The minimum atomic E-state index is -1.22. The number of aliphatic hydroxyl groups excluding tert-OH is 1. The number of halogens is 2. The third-order valence-electron chi connectivity index (χ3n) is 1.86. The fourth-order valence-electron chi connectivity index (χ4n) is 1.19. The fraction of sp³-hybridized carbons (Fsp3) is 0.300. The first kappa shape index (κ1) is 13.3. The van der Waals surface area contributed by atoms with E-state index in [-0.39, 0.29) is 28.8 Å². The number of aliphatic carboxylic acids is 1. The highest BCUT2D eigenvalue weighted by molar-refractivity contribution is 6.42. The van der Waals surface area contributed by atoms with Crippen molar-refractivity contribution in [1.82, 2.24) is 0 Å². The molecule has 2 N–H and O–H groups in total. The van der Waals surface area contributed by atoms with Crippen molar-refractivity contribution in [2.45, 2.75) is 6.10 Å². The van der Waals surface area contributed by atoms with Gasteiger partial charge in [-0.3, -0.25) is 0 Å². The van der Waals surface area contributed by atoms with E-state index in [1.54, 1.807) is 12.1 Å². The number of benzene rings is 1. The van der Waals surface area contributed by atoms with E-state index < -0.39 is 12.1 Å². The predicted molar refractivity (Wildman–Crippen MR) is 59.9 cm³/mol. The van der Waals surface area contributed by atoms with Gasteiger partial charge in [-0.2, -0.15) is 0 Å². The lowest BCUT2D eigenvalue weighted by molar-refractivity contribution is -0.151. The van der Waals surface area contributed by atoms with E-state index >= 15 is 0 Å². The number of hydrogen-bond donors (Lipinski definition) is 2. The molecular weight excluding hydrogens is 255 g/mol. The molecule has 4 nitrogen and oxygen atoms in total. The second-order valence-electron chi connectivity index (χ2n) is 2.96. The van der Waals surface area contributed by atoms with E-state index in [0.717, 1.165) is 0 Å². The van der Waals surface area contributed by atoms with Gasteiger partial charge in [-0.05, 0) is 6.07 Å². The summed E-state index contributed by atoms with van der Waals surface area (Å²) in [6.45, 7) is -0.345. The Hall–Kier alpha value is -0.810. The van der Waals surface area contributed by atoms with Crippen molar-refractivity contribution in [3.05, 3.63) is 33.8 Å². The molecule has 0 bridgehead atoms. The Labute approximate surface area is 102 Å². The number of aliphatic hydroxyl groups is 1. The van der Waals surface area contributed by atoms with E-state index in [9.17, 15) is 4.79 Å². The molecular formula is C10H10Cl2O4. The highest BCUT2D eigenvalue weighted by atomic mass is 35.5. The smallest absolute Gasteiger partial charge is 0.337 e. The summed E-state index contributed by atoms with van der Waals surface area (Å²) in [6.07, 6.45) is -1.22. The van der Waals surface area contributed by atoms with E-state index in [0.29, 0.717) is 0 Å². The SMILES string of the molecule is O=C(O)C(OCCO)c1cccc(Cl)c1Cl. The van der Waals surface area contributed by atoms with Gasteiger partial charge in [-0.25, -0.2) is 4.79 Å². The molecule has 1 unspecified atom stereocenters. The summed E-state index contributed by atoms with van der Waals surface area (Å²) in [5.74, 6) is -1.18. The number of ether oxygens (including phenoxy) is 1. The summed E-state index contributed by atoms with van der Waals surface area (Å²) in [5.41, 5.74) is 0.273. The lowest BCUT2D eigenvalue weighted by Gasteiger charge is -2.15. The van der Waals surface area contributed by atoms with Crippen LogP contribution in [-0.4, -0.2) is 29.4 Å². The largest absolute Gasteiger partial charge is 0.479 e. The molecule has 0 aliphatic rings. The normalized spacial score (nSPS) is 12.4. The van der Waals surface area contributed by atoms with Crippen LogP contribution in [-0.2, 0) is 9.53 Å². The first-order valence-electron chi connectivity index (χ1n) is 4.47. The van der Waals surface area contributed by atoms with Gasteiger partial charge < -0.3 is 14.9 Å². The number of carboxylic acid groups (broad SMARTS) is 1. The average molecular weight is 265 g/mol. The Morgan fingerprint density at radius 1 is 1.44 bits per heavy atom. The van der Waals surface area contributed by atoms with Gasteiger partial charge in [-0.1, -0.05) is 35.3 Å². The minimum absolute atomic E-state index is 0.0835. The minimum Gasteiger partial charge on any atom is -0.479 e. The molecule has 1 aromatic rings. The van der Waals surface area contributed by atoms with E-state index in [1.807, 2.05) is 0 Å². The molecule has 6 heteroatoms. The van der Waals surface area contributed by atoms with Crippen molar-refractivity contribution in [3.8, 4) is 0 Å². The van der Waals surface area contributed by atoms with Gasteiger partial charge in [0.05, 0.1) is 23.3 Å². The van der Waals surface area contributed by atoms with Crippen LogP contribution < -0.4 is 0 Å². The Morgan fingerprint density at radius 2 is 2.12 bits per heavy atom. The summed E-state index contributed by atoms with van der Waals surface area (Å²) < 4.78 is 4.98. The van der Waals surface area contributed by atoms with Gasteiger partial charge in [0.25, 0.3) is 0 Å². The molecule has 0 saturated heterocycles. The van der Waals surface area contributed by atoms with Crippen LogP contribution in [0.2, 0.25) is 10.0 Å². The van der Waals surface area contributed by atoms with Crippen molar-refractivity contribution in [2.75, 3.05) is 13.2 Å². The first-order valence-corrected chi connectivity index (χ1v) is 5.22. The molecule has 0 heterocycles. The summed E-state index contributed by atoms with van der Waals surface area (Å²) in [5, 5.41) is 18.0. The zero-order valence-corrected chi connectivity index (χ0v) is 9.70. The summed E-state index contributed by atoms with van der Waals surface area (Å²) in [4.78, 5) is 11.0. The van der Waals surface area contributed by atoms with Crippen LogP contribution in [0.3, 0.4) is 0 Å². The molecule has 1 rings (SSSR count). The number of carboxylic acids is 1.